The number of phenolic OH excluding ortho intramolecular Hbond substituents is 2. The predicted octanol–water partition coefficient (Wildman–Crippen LogP) is -1.80. The molecule has 2 heterocycles. The van der Waals surface area contributed by atoms with Gasteiger partial charge in [0.1, 0.15) is 36.3 Å². The Labute approximate surface area is 211 Å². The van der Waals surface area contributed by atoms with Crippen LogP contribution in [0, 0.1) is 11.8 Å². The molecule has 9 atom stereocenters. The summed E-state index contributed by atoms with van der Waals surface area (Å²) in [4.78, 5) is 25.7. The zero-order chi connectivity index (χ0) is 27.1. The van der Waals surface area contributed by atoms with Crippen molar-refractivity contribution in [3.63, 3.8) is 0 Å². The van der Waals surface area contributed by atoms with Crippen LogP contribution in [-0.4, -0.2) is 103 Å². The van der Waals surface area contributed by atoms with Crippen LogP contribution in [0.25, 0.3) is 0 Å². The third kappa shape index (κ3) is 4.91. The van der Waals surface area contributed by atoms with E-state index in [0.29, 0.717) is 5.56 Å². The van der Waals surface area contributed by atoms with E-state index in [1.54, 1.807) is 6.92 Å². The van der Waals surface area contributed by atoms with Gasteiger partial charge in [-0.1, -0.05) is 13.0 Å². The molecule has 0 unspecified atom stereocenters. The van der Waals surface area contributed by atoms with Crippen molar-refractivity contribution in [3.8, 4) is 11.5 Å². The largest absolute Gasteiger partial charge is 0.504 e. The fraction of sp³-hybridized carbons (Fsp3) is 0.583. The van der Waals surface area contributed by atoms with Crippen molar-refractivity contribution in [2.24, 2.45) is 11.8 Å². The van der Waals surface area contributed by atoms with E-state index in [4.69, 9.17) is 18.9 Å². The molecule has 1 saturated carbocycles. The molecule has 1 aromatic carbocycles. The Balaban J connectivity index is 1.49. The molecule has 0 spiro atoms. The number of aromatic hydroxyl groups is 2. The topological polar surface area (TPSA) is 213 Å². The van der Waals surface area contributed by atoms with Crippen LogP contribution in [0.3, 0.4) is 0 Å². The average Bonchev–Trinajstić information content (AvgIpc) is 3.10. The van der Waals surface area contributed by atoms with Crippen LogP contribution in [0.1, 0.15) is 18.9 Å². The summed E-state index contributed by atoms with van der Waals surface area (Å²) in [7, 11) is 0. The fourth-order valence-electron chi connectivity index (χ4n) is 4.97. The van der Waals surface area contributed by atoms with Gasteiger partial charge in [-0.2, -0.15) is 0 Å². The SMILES string of the molecule is C[C@H]1CC(=O)[C@@]2(O)C(C(=O)OCCc3ccc(O)c(O)c3)=CO[C@@H](O[C@H]3O[C@H](CO)[C@@H](O)[C@H](O)[C@H]3O)[C@H]12. The van der Waals surface area contributed by atoms with Gasteiger partial charge in [0.2, 0.25) is 6.29 Å². The molecule has 0 radical (unpaired) electrons. The second-order valence-corrected chi connectivity index (χ2v) is 9.48. The third-order valence-electron chi connectivity index (χ3n) is 7.05. The highest BCUT2D eigenvalue weighted by molar-refractivity contribution is 6.04. The van der Waals surface area contributed by atoms with Gasteiger partial charge in [0.05, 0.1) is 19.1 Å². The second-order valence-electron chi connectivity index (χ2n) is 9.48. The molecule has 0 bridgehead atoms. The Hall–Kier alpha value is -2.78. The number of hydrogen-bond acceptors (Lipinski definition) is 13. The van der Waals surface area contributed by atoms with Gasteiger partial charge >= 0.3 is 5.97 Å². The molecule has 1 aromatic rings. The van der Waals surface area contributed by atoms with Gasteiger partial charge in [-0.05, 0) is 23.6 Å². The summed E-state index contributed by atoms with van der Waals surface area (Å²) in [5.74, 6) is -3.96. The van der Waals surface area contributed by atoms with Gasteiger partial charge < -0.3 is 54.7 Å². The number of fused-ring (bicyclic) bond motifs is 1. The van der Waals surface area contributed by atoms with Crippen molar-refractivity contribution in [3.05, 3.63) is 35.6 Å². The lowest BCUT2D eigenvalue weighted by atomic mass is 9.78. The van der Waals surface area contributed by atoms with Gasteiger partial charge in [0.25, 0.3) is 0 Å². The first-order valence-corrected chi connectivity index (χ1v) is 11.7. The number of ketones is 1. The van der Waals surface area contributed by atoms with Crippen molar-refractivity contribution >= 4 is 11.8 Å². The summed E-state index contributed by atoms with van der Waals surface area (Å²) >= 11 is 0. The molecule has 13 nitrogen and oxygen atoms in total. The van der Waals surface area contributed by atoms with Crippen LogP contribution in [0.4, 0.5) is 0 Å². The molecular formula is C24H30O13. The Morgan fingerprint density at radius 3 is 2.51 bits per heavy atom. The summed E-state index contributed by atoms with van der Waals surface area (Å²) in [5, 5.41) is 70.1. The van der Waals surface area contributed by atoms with Gasteiger partial charge in [-0.3, -0.25) is 4.79 Å². The lowest BCUT2D eigenvalue weighted by Gasteiger charge is -2.44. The van der Waals surface area contributed by atoms with Crippen molar-refractivity contribution in [1.82, 2.24) is 0 Å². The Morgan fingerprint density at radius 2 is 1.84 bits per heavy atom. The highest BCUT2D eigenvalue weighted by atomic mass is 16.8. The lowest BCUT2D eigenvalue weighted by Crippen LogP contribution is -2.61. The number of carbonyl (C=O) groups is 2. The first-order chi connectivity index (χ1) is 17.5. The molecule has 3 aliphatic rings. The standard InChI is InChI=1S/C24H30O13/c1-10-6-16(28)24(33)12(21(32)34-5-4-11-2-3-13(26)14(27)7-11)9-35-22(17(10)24)37-23-20(31)19(30)18(29)15(8-25)36-23/h2-3,7,9-10,15,17-20,22-23,25-27,29-31,33H,4-6,8H2,1H3/t10-,15+,17-,18+,19-,20+,22-,23+,24-/m0/s1. The summed E-state index contributed by atoms with van der Waals surface area (Å²) in [5.41, 5.74) is -2.20. The zero-order valence-electron chi connectivity index (χ0n) is 19.8. The number of carbonyl (C=O) groups excluding carboxylic acids is 2. The monoisotopic (exact) mass is 526 g/mol. The highest BCUT2D eigenvalue weighted by Crippen LogP contribution is 2.48. The van der Waals surface area contributed by atoms with Crippen LogP contribution < -0.4 is 0 Å². The van der Waals surface area contributed by atoms with Crippen LogP contribution in [0.5, 0.6) is 11.5 Å². The van der Waals surface area contributed by atoms with Crippen LogP contribution in [0.15, 0.2) is 30.0 Å². The molecule has 7 N–H and O–H groups in total. The summed E-state index contributed by atoms with van der Waals surface area (Å²) in [6.45, 7) is 0.785. The molecule has 2 aliphatic heterocycles. The van der Waals surface area contributed by atoms with E-state index in [2.05, 4.69) is 0 Å². The van der Waals surface area contributed by atoms with Crippen LogP contribution >= 0.6 is 0 Å². The summed E-state index contributed by atoms with van der Waals surface area (Å²) in [6.07, 6.45) is -8.39. The molecule has 0 aromatic heterocycles. The summed E-state index contributed by atoms with van der Waals surface area (Å²) in [6, 6.07) is 4.11. The molecule has 204 valence electrons. The van der Waals surface area contributed by atoms with Crippen LogP contribution in [-0.2, 0) is 35.0 Å². The molecule has 4 rings (SSSR count). The van der Waals surface area contributed by atoms with E-state index in [9.17, 15) is 45.3 Å². The zero-order valence-corrected chi connectivity index (χ0v) is 19.8. The first-order valence-electron chi connectivity index (χ1n) is 11.7. The second kappa shape index (κ2) is 10.5. The van der Waals surface area contributed by atoms with E-state index in [1.165, 1.54) is 18.2 Å². The molecule has 1 aliphatic carbocycles. The van der Waals surface area contributed by atoms with E-state index in [-0.39, 0.29) is 30.9 Å². The van der Waals surface area contributed by atoms with Crippen molar-refractivity contribution in [2.45, 2.75) is 62.4 Å². The average molecular weight is 526 g/mol. The van der Waals surface area contributed by atoms with Gasteiger partial charge in [-0.25, -0.2) is 4.79 Å². The number of hydrogen-bond donors (Lipinski definition) is 7. The van der Waals surface area contributed by atoms with Gasteiger partial charge in [0.15, 0.2) is 29.2 Å². The first kappa shape index (κ1) is 27.3. The smallest absolute Gasteiger partial charge is 0.340 e. The quantitative estimate of drug-likeness (QED) is 0.154. The van der Waals surface area contributed by atoms with Crippen LogP contribution in [0.2, 0.25) is 0 Å². The number of esters is 1. The number of phenols is 2. The maximum atomic E-state index is 12.9. The minimum atomic E-state index is -2.33. The Kier molecular flexibility index (Phi) is 7.76. The maximum Gasteiger partial charge on any atom is 0.340 e. The Bertz CT molecular complexity index is 1060. The molecule has 37 heavy (non-hydrogen) atoms. The Morgan fingerprint density at radius 1 is 1.11 bits per heavy atom. The molecule has 1 saturated heterocycles. The minimum absolute atomic E-state index is 0.115. The van der Waals surface area contributed by atoms with Gasteiger partial charge in [0, 0.05) is 12.8 Å². The van der Waals surface area contributed by atoms with Gasteiger partial charge in [-0.15, -0.1) is 0 Å². The molecule has 0 amide bonds. The number of rotatable bonds is 7. The predicted molar refractivity (Wildman–Crippen MR) is 119 cm³/mol. The highest BCUT2D eigenvalue weighted by Gasteiger charge is 2.63. The number of benzene rings is 1. The van der Waals surface area contributed by atoms with Crippen molar-refractivity contribution < 1.29 is 64.3 Å². The van der Waals surface area contributed by atoms with E-state index in [1.807, 2.05) is 0 Å². The van der Waals surface area contributed by atoms with E-state index >= 15 is 0 Å². The number of Topliss-reactive ketones (excluding diaryl/α,β-unsaturated/α-hetero) is 1. The third-order valence-corrected chi connectivity index (χ3v) is 7.05. The number of ether oxygens (including phenoxy) is 4. The molecule has 2 fully saturated rings. The van der Waals surface area contributed by atoms with E-state index in [0.717, 1.165) is 6.26 Å². The lowest BCUT2D eigenvalue weighted by molar-refractivity contribution is -0.346. The minimum Gasteiger partial charge on any atom is -0.504 e. The van der Waals surface area contributed by atoms with E-state index < -0.39 is 78.4 Å². The number of aliphatic hydroxyl groups is 5. The fourth-order valence-corrected chi connectivity index (χ4v) is 4.97. The summed E-state index contributed by atoms with van der Waals surface area (Å²) < 4.78 is 21.7. The molecular weight excluding hydrogens is 496 g/mol. The molecule has 13 heteroatoms. The number of aliphatic hydroxyl groups excluding tert-OH is 4. The maximum absolute atomic E-state index is 12.9. The van der Waals surface area contributed by atoms with Crippen molar-refractivity contribution in [1.29, 1.82) is 0 Å². The normalized spacial score (nSPS) is 37.5. The van der Waals surface area contributed by atoms with Crippen molar-refractivity contribution in [2.75, 3.05) is 13.2 Å².